The highest BCUT2D eigenvalue weighted by atomic mass is 15.0. The maximum atomic E-state index is 3.62. The van der Waals surface area contributed by atoms with Crippen molar-refractivity contribution in [3.63, 3.8) is 0 Å². The van der Waals surface area contributed by atoms with Gasteiger partial charge in [-0.15, -0.1) is 0 Å². The third-order valence-electron chi connectivity index (χ3n) is 2.76. The summed E-state index contributed by atoms with van der Waals surface area (Å²) in [5.41, 5.74) is 0. The third-order valence-corrected chi connectivity index (χ3v) is 2.76. The van der Waals surface area contributed by atoms with Crippen LogP contribution >= 0.6 is 0 Å². The summed E-state index contributed by atoms with van der Waals surface area (Å²) >= 11 is 0. The Kier molecular flexibility index (Phi) is 6.21. The van der Waals surface area contributed by atoms with Crippen LogP contribution in [0.4, 0.5) is 0 Å². The molecule has 0 aliphatic carbocycles. The molecule has 1 atom stereocenters. The SMILES string of the molecule is CCCCCCNC1CCCNC1. The molecule has 0 radical (unpaired) electrons. The van der Waals surface area contributed by atoms with Crippen LogP contribution in [0.5, 0.6) is 0 Å². The van der Waals surface area contributed by atoms with Crippen LogP contribution in [0.2, 0.25) is 0 Å². The van der Waals surface area contributed by atoms with Gasteiger partial charge in [-0.05, 0) is 32.4 Å². The van der Waals surface area contributed by atoms with E-state index >= 15 is 0 Å². The number of hydrogen-bond acceptors (Lipinski definition) is 2. The molecule has 0 aromatic heterocycles. The van der Waals surface area contributed by atoms with Crippen LogP contribution in [0.3, 0.4) is 0 Å². The molecule has 1 aliphatic rings. The molecule has 2 heteroatoms. The largest absolute Gasteiger partial charge is 0.315 e. The van der Waals surface area contributed by atoms with Crippen LogP contribution in [-0.2, 0) is 0 Å². The van der Waals surface area contributed by atoms with Crippen LogP contribution in [-0.4, -0.2) is 25.7 Å². The van der Waals surface area contributed by atoms with Crippen molar-refractivity contribution < 1.29 is 0 Å². The van der Waals surface area contributed by atoms with Gasteiger partial charge in [-0.3, -0.25) is 0 Å². The Bertz CT molecular complexity index is 109. The topological polar surface area (TPSA) is 24.1 Å². The zero-order valence-corrected chi connectivity index (χ0v) is 8.94. The average Bonchev–Trinajstić information content (AvgIpc) is 2.19. The molecule has 78 valence electrons. The maximum Gasteiger partial charge on any atom is 0.0192 e. The van der Waals surface area contributed by atoms with Gasteiger partial charge in [-0.25, -0.2) is 0 Å². The highest BCUT2D eigenvalue weighted by Gasteiger charge is 2.10. The molecular formula is C11H24N2. The summed E-state index contributed by atoms with van der Waals surface area (Å²) in [6.07, 6.45) is 8.18. The van der Waals surface area contributed by atoms with Gasteiger partial charge in [0.05, 0.1) is 0 Å². The number of nitrogens with one attached hydrogen (secondary N) is 2. The first-order valence-corrected chi connectivity index (χ1v) is 5.87. The second kappa shape index (κ2) is 7.34. The molecule has 0 aromatic carbocycles. The van der Waals surface area contributed by atoms with E-state index in [4.69, 9.17) is 0 Å². The van der Waals surface area contributed by atoms with Gasteiger partial charge in [0.1, 0.15) is 0 Å². The van der Waals surface area contributed by atoms with Gasteiger partial charge >= 0.3 is 0 Å². The van der Waals surface area contributed by atoms with Crippen molar-refractivity contribution in [2.45, 2.75) is 51.5 Å². The fourth-order valence-corrected chi connectivity index (χ4v) is 1.88. The lowest BCUT2D eigenvalue weighted by molar-refractivity contribution is 0.386. The minimum Gasteiger partial charge on any atom is -0.315 e. The number of unbranched alkanes of at least 4 members (excludes halogenated alkanes) is 3. The van der Waals surface area contributed by atoms with Crippen LogP contribution in [0.25, 0.3) is 0 Å². The van der Waals surface area contributed by atoms with Gasteiger partial charge in [0.25, 0.3) is 0 Å². The Hall–Kier alpha value is -0.0800. The molecule has 0 saturated carbocycles. The predicted octanol–water partition coefficient (Wildman–Crippen LogP) is 1.91. The molecule has 1 fully saturated rings. The van der Waals surface area contributed by atoms with Crippen LogP contribution < -0.4 is 10.6 Å². The fraction of sp³-hybridized carbons (Fsp3) is 1.00. The van der Waals surface area contributed by atoms with Crippen LogP contribution in [0.15, 0.2) is 0 Å². The lowest BCUT2D eigenvalue weighted by Gasteiger charge is -2.23. The smallest absolute Gasteiger partial charge is 0.0192 e. The third kappa shape index (κ3) is 5.27. The van der Waals surface area contributed by atoms with Gasteiger partial charge in [-0.1, -0.05) is 26.2 Å². The van der Waals surface area contributed by atoms with E-state index in [1.165, 1.54) is 58.2 Å². The van der Waals surface area contributed by atoms with Crippen molar-refractivity contribution >= 4 is 0 Å². The Balaban J connectivity index is 1.86. The molecule has 2 N–H and O–H groups in total. The molecule has 1 unspecified atom stereocenters. The van der Waals surface area contributed by atoms with E-state index in [-0.39, 0.29) is 0 Å². The molecule has 1 aliphatic heterocycles. The van der Waals surface area contributed by atoms with Gasteiger partial charge < -0.3 is 10.6 Å². The second-order valence-corrected chi connectivity index (χ2v) is 4.06. The summed E-state index contributed by atoms with van der Waals surface area (Å²) in [7, 11) is 0. The highest BCUT2D eigenvalue weighted by Crippen LogP contribution is 2.02. The number of hydrogen-bond donors (Lipinski definition) is 2. The quantitative estimate of drug-likeness (QED) is 0.616. The minimum absolute atomic E-state index is 0.746. The van der Waals surface area contributed by atoms with Crippen molar-refractivity contribution in [2.24, 2.45) is 0 Å². The molecule has 0 aromatic rings. The van der Waals surface area contributed by atoms with Gasteiger partial charge in [0.2, 0.25) is 0 Å². The molecule has 1 saturated heterocycles. The monoisotopic (exact) mass is 184 g/mol. The van der Waals surface area contributed by atoms with Crippen molar-refractivity contribution in [3.05, 3.63) is 0 Å². The molecule has 0 bridgehead atoms. The van der Waals surface area contributed by atoms with Crippen molar-refractivity contribution in [3.8, 4) is 0 Å². The molecule has 2 nitrogen and oxygen atoms in total. The van der Waals surface area contributed by atoms with E-state index in [9.17, 15) is 0 Å². The molecule has 1 heterocycles. The Morgan fingerprint density at radius 2 is 2.23 bits per heavy atom. The van der Waals surface area contributed by atoms with E-state index in [0.717, 1.165) is 6.04 Å². The number of rotatable bonds is 6. The summed E-state index contributed by atoms with van der Waals surface area (Å²) < 4.78 is 0. The van der Waals surface area contributed by atoms with Crippen molar-refractivity contribution in [1.29, 1.82) is 0 Å². The Morgan fingerprint density at radius 3 is 2.92 bits per heavy atom. The summed E-state index contributed by atoms with van der Waals surface area (Å²) in [5.74, 6) is 0. The summed E-state index contributed by atoms with van der Waals surface area (Å²) in [5, 5.41) is 7.04. The lowest BCUT2D eigenvalue weighted by Crippen LogP contribution is -2.43. The first-order valence-electron chi connectivity index (χ1n) is 5.87. The summed E-state index contributed by atoms with van der Waals surface area (Å²) in [4.78, 5) is 0. The van der Waals surface area contributed by atoms with Crippen LogP contribution in [0, 0.1) is 0 Å². The van der Waals surface area contributed by atoms with E-state index in [2.05, 4.69) is 17.6 Å². The summed E-state index contributed by atoms with van der Waals surface area (Å²) in [6.45, 7) is 5.87. The minimum atomic E-state index is 0.746. The first-order chi connectivity index (χ1) is 6.43. The molecule has 0 amide bonds. The number of piperidine rings is 1. The normalized spacial score (nSPS) is 23.3. The van der Waals surface area contributed by atoms with Gasteiger partial charge in [0, 0.05) is 12.6 Å². The molecule has 0 spiro atoms. The Morgan fingerprint density at radius 1 is 1.31 bits per heavy atom. The van der Waals surface area contributed by atoms with E-state index in [1.54, 1.807) is 0 Å². The molecule has 13 heavy (non-hydrogen) atoms. The Labute approximate surface area is 82.5 Å². The maximum absolute atomic E-state index is 3.62. The first kappa shape index (κ1) is 11.0. The van der Waals surface area contributed by atoms with Crippen LogP contribution in [0.1, 0.15) is 45.4 Å². The van der Waals surface area contributed by atoms with E-state index < -0.39 is 0 Å². The summed E-state index contributed by atoms with van der Waals surface area (Å²) in [6, 6.07) is 0.746. The van der Waals surface area contributed by atoms with E-state index in [1.807, 2.05) is 0 Å². The predicted molar refractivity (Wildman–Crippen MR) is 58.0 cm³/mol. The fourth-order valence-electron chi connectivity index (χ4n) is 1.88. The average molecular weight is 184 g/mol. The second-order valence-electron chi connectivity index (χ2n) is 4.06. The lowest BCUT2D eigenvalue weighted by atomic mass is 10.1. The zero-order chi connectivity index (χ0) is 9.36. The zero-order valence-electron chi connectivity index (χ0n) is 8.94. The molecule has 1 rings (SSSR count). The van der Waals surface area contributed by atoms with Gasteiger partial charge in [0.15, 0.2) is 0 Å². The van der Waals surface area contributed by atoms with E-state index in [0.29, 0.717) is 0 Å². The molecular weight excluding hydrogens is 160 g/mol. The standard InChI is InChI=1S/C11H24N2/c1-2-3-4-5-9-13-11-7-6-8-12-10-11/h11-13H,2-10H2,1H3. The highest BCUT2D eigenvalue weighted by molar-refractivity contribution is 4.74. The van der Waals surface area contributed by atoms with Gasteiger partial charge in [-0.2, -0.15) is 0 Å². The van der Waals surface area contributed by atoms with Crippen molar-refractivity contribution in [2.75, 3.05) is 19.6 Å². The van der Waals surface area contributed by atoms with Crippen molar-refractivity contribution in [1.82, 2.24) is 10.6 Å².